The molecule has 75 heavy (non-hydrogen) atoms. The van der Waals surface area contributed by atoms with Crippen molar-refractivity contribution in [2.24, 2.45) is 0 Å². The second kappa shape index (κ2) is 17.8. The maximum atomic E-state index is 2.80. The van der Waals surface area contributed by atoms with Gasteiger partial charge in [0.1, 0.15) is 0 Å². The molecule has 0 unspecified atom stereocenters. The predicted octanol–water partition coefficient (Wildman–Crippen LogP) is 19.0. The first-order valence-corrected chi connectivity index (χ1v) is 29.4. The molecule has 0 bridgehead atoms. The SMILES string of the molecule is Cc1cc(C(C)C)ccc1N(c1ccc(C(C)C)cc1)c1cc2c3c(c1)N(c1ccc4c(c1)C(C)(C)CCC4(C)C)c1c(sc4c1C(C)(C)CCC4(C)C)B3c1cc(C(C)(C)C)ccc1N2c1ccc(C(C)C)cc1. The van der Waals surface area contributed by atoms with E-state index < -0.39 is 0 Å². The van der Waals surface area contributed by atoms with Crippen molar-refractivity contribution < 1.29 is 0 Å². The Morgan fingerprint density at radius 1 is 0.520 bits per heavy atom. The van der Waals surface area contributed by atoms with Gasteiger partial charge in [0, 0.05) is 49.5 Å². The van der Waals surface area contributed by atoms with E-state index in [1.807, 2.05) is 0 Å². The summed E-state index contributed by atoms with van der Waals surface area (Å²) in [6.45, 7) is 43.4. The van der Waals surface area contributed by atoms with Gasteiger partial charge in [-0.05, 0) is 194 Å². The first-order chi connectivity index (χ1) is 35.2. The third-order valence-electron chi connectivity index (χ3n) is 18.5. The molecule has 0 atom stereocenters. The minimum atomic E-state index is -0.0355. The molecule has 1 aromatic heterocycles. The molecule has 0 radical (unpaired) electrons. The summed E-state index contributed by atoms with van der Waals surface area (Å²) in [6.07, 6.45) is 4.68. The van der Waals surface area contributed by atoms with E-state index in [4.69, 9.17) is 0 Å². The lowest BCUT2D eigenvalue weighted by Gasteiger charge is -2.47. The van der Waals surface area contributed by atoms with Crippen LogP contribution < -0.4 is 30.4 Å². The quantitative estimate of drug-likeness (QED) is 0.140. The molecule has 3 nitrogen and oxygen atoms in total. The molecule has 2 aliphatic carbocycles. The maximum absolute atomic E-state index is 2.80. The highest BCUT2D eigenvalue weighted by atomic mass is 32.1. The summed E-state index contributed by atoms with van der Waals surface area (Å²) < 4.78 is 1.49. The van der Waals surface area contributed by atoms with Crippen molar-refractivity contribution in [3.63, 3.8) is 0 Å². The summed E-state index contributed by atoms with van der Waals surface area (Å²) in [5, 5.41) is 0. The second-order valence-corrected chi connectivity index (χ2v) is 28.9. The molecular weight excluding hydrogens is 926 g/mol. The van der Waals surface area contributed by atoms with Gasteiger partial charge in [-0.1, -0.05) is 172 Å². The van der Waals surface area contributed by atoms with Gasteiger partial charge in [0.15, 0.2) is 0 Å². The first kappa shape index (κ1) is 51.6. The van der Waals surface area contributed by atoms with Crippen LogP contribution in [0.3, 0.4) is 0 Å². The zero-order valence-electron chi connectivity index (χ0n) is 48.9. The van der Waals surface area contributed by atoms with E-state index in [9.17, 15) is 0 Å². The van der Waals surface area contributed by atoms with Gasteiger partial charge in [-0.2, -0.15) is 11.3 Å². The van der Waals surface area contributed by atoms with Crippen molar-refractivity contribution >= 4 is 84.9 Å². The van der Waals surface area contributed by atoms with Crippen molar-refractivity contribution in [2.45, 2.75) is 195 Å². The standard InChI is InChI=1S/C70H84BN3S/c1-42(2)46-19-25-50(26-20-46)72(57-31-23-48(44(5)6)37-45(57)7)53-40-59-62-60(41-53)74(52-29-30-54-55(39-52)68(13,14)34-33-67(54,11)12)63-61-64(70(17,18)36-35-69(61,15)16)75-65(63)71(62)56-38-49(66(8,9)10)24-32-58(56)73(59)51-27-21-47(22-28-51)43(3)4/h19-32,37-44H,33-36H2,1-18H3. The number of anilines is 9. The lowest BCUT2D eigenvalue weighted by atomic mass is 9.35. The average Bonchev–Trinajstić information content (AvgIpc) is 3.80. The molecule has 0 spiro atoms. The summed E-state index contributed by atoms with van der Waals surface area (Å²) in [4.78, 5) is 9.59. The molecule has 7 aromatic rings. The molecule has 388 valence electrons. The highest BCUT2D eigenvalue weighted by Crippen LogP contribution is 2.58. The lowest BCUT2D eigenvalue weighted by Crippen LogP contribution is -2.61. The predicted molar refractivity (Wildman–Crippen MR) is 329 cm³/mol. The third-order valence-corrected chi connectivity index (χ3v) is 20.1. The van der Waals surface area contributed by atoms with Crippen LogP contribution in [0, 0.1) is 6.92 Å². The van der Waals surface area contributed by atoms with Crippen molar-refractivity contribution in [1.82, 2.24) is 0 Å². The van der Waals surface area contributed by atoms with E-state index >= 15 is 0 Å². The van der Waals surface area contributed by atoms with Gasteiger partial charge in [0.25, 0.3) is 6.71 Å². The zero-order chi connectivity index (χ0) is 53.6. The van der Waals surface area contributed by atoms with Crippen molar-refractivity contribution in [3.05, 3.63) is 165 Å². The van der Waals surface area contributed by atoms with Crippen LogP contribution >= 0.6 is 11.3 Å². The van der Waals surface area contributed by atoms with E-state index in [2.05, 4.69) is 266 Å². The Labute approximate surface area is 456 Å². The van der Waals surface area contributed by atoms with E-state index in [-0.39, 0.29) is 33.8 Å². The van der Waals surface area contributed by atoms with Crippen LogP contribution in [0.5, 0.6) is 0 Å². The minimum absolute atomic E-state index is 0.0276. The molecule has 6 aromatic carbocycles. The number of thiophene rings is 1. The molecule has 0 amide bonds. The van der Waals surface area contributed by atoms with Crippen LogP contribution in [0.4, 0.5) is 51.2 Å². The van der Waals surface area contributed by atoms with Gasteiger partial charge in [-0.3, -0.25) is 0 Å². The summed E-state index contributed by atoms with van der Waals surface area (Å²) in [5.74, 6) is 1.29. The van der Waals surface area contributed by atoms with Crippen LogP contribution in [-0.2, 0) is 27.1 Å². The molecule has 0 fully saturated rings. The van der Waals surface area contributed by atoms with Gasteiger partial charge in [-0.15, -0.1) is 0 Å². The Hall–Kier alpha value is -5.52. The van der Waals surface area contributed by atoms with E-state index in [0.717, 1.165) is 12.1 Å². The number of hydrogen-bond donors (Lipinski definition) is 0. The first-order valence-electron chi connectivity index (χ1n) is 28.5. The van der Waals surface area contributed by atoms with E-state index in [0.29, 0.717) is 17.8 Å². The molecule has 4 aliphatic rings. The fourth-order valence-corrected chi connectivity index (χ4v) is 15.1. The van der Waals surface area contributed by atoms with Crippen molar-refractivity contribution in [2.75, 3.05) is 14.7 Å². The van der Waals surface area contributed by atoms with Gasteiger partial charge >= 0.3 is 0 Å². The summed E-state index contributed by atoms with van der Waals surface area (Å²) in [6, 6.07) is 46.5. The summed E-state index contributed by atoms with van der Waals surface area (Å²) in [7, 11) is 0. The molecule has 2 aliphatic heterocycles. The lowest BCUT2D eigenvalue weighted by molar-refractivity contribution is 0.332. The van der Waals surface area contributed by atoms with Gasteiger partial charge in [0.2, 0.25) is 0 Å². The number of aryl methyl sites for hydroxylation is 1. The van der Waals surface area contributed by atoms with Gasteiger partial charge < -0.3 is 14.7 Å². The maximum Gasteiger partial charge on any atom is 0.264 e. The monoisotopic (exact) mass is 1010 g/mol. The molecule has 11 rings (SSSR count). The Balaban J connectivity index is 1.31. The Kier molecular flexibility index (Phi) is 12.2. The molecule has 0 N–H and O–H groups in total. The molecule has 0 saturated heterocycles. The third kappa shape index (κ3) is 8.43. The highest BCUT2D eigenvalue weighted by Gasteiger charge is 2.51. The van der Waals surface area contributed by atoms with E-state index in [1.54, 1.807) is 10.4 Å². The van der Waals surface area contributed by atoms with Crippen LogP contribution in [0.1, 0.15) is 211 Å². The Morgan fingerprint density at radius 2 is 1.07 bits per heavy atom. The van der Waals surface area contributed by atoms with Gasteiger partial charge in [0.05, 0.1) is 11.4 Å². The Morgan fingerprint density at radius 3 is 1.67 bits per heavy atom. The van der Waals surface area contributed by atoms with E-state index in [1.165, 1.54) is 119 Å². The minimum Gasteiger partial charge on any atom is -0.311 e. The molecular formula is C70H84BN3S. The zero-order valence-corrected chi connectivity index (χ0v) is 49.7. The Bertz CT molecular complexity index is 3370. The summed E-state index contributed by atoms with van der Waals surface area (Å²) in [5.41, 5.74) is 25.4. The molecule has 5 heteroatoms. The summed E-state index contributed by atoms with van der Waals surface area (Å²) >= 11 is 2.13. The van der Waals surface area contributed by atoms with Crippen LogP contribution in [0.25, 0.3) is 0 Å². The fourth-order valence-electron chi connectivity index (χ4n) is 13.4. The normalized spacial score (nSPS) is 17.7. The number of rotatable bonds is 8. The fraction of sp³-hybridized carbons (Fsp3) is 0.429. The van der Waals surface area contributed by atoms with Crippen molar-refractivity contribution in [3.8, 4) is 0 Å². The number of hydrogen-bond acceptors (Lipinski definition) is 4. The largest absolute Gasteiger partial charge is 0.311 e. The molecule has 3 heterocycles. The van der Waals surface area contributed by atoms with Crippen LogP contribution in [0.15, 0.2) is 115 Å². The number of benzene rings is 6. The van der Waals surface area contributed by atoms with Gasteiger partial charge in [-0.25, -0.2) is 0 Å². The smallest absolute Gasteiger partial charge is 0.264 e. The average molecular weight is 1010 g/mol. The van der Waals surface area contributed by atoms with Crippen LogP contribution in [-0.4, -0.2) is 6.71 Å². The second-order valence-electron chi connectivity index (χ2n) is 27.8. The number of fused-ring (bicyclic) bond motifs is 7. The van der Waals surface area contributed by atoms with Crippen molar-refractivity contribution in [1.29, 1.82) is 0 Å². The highest BCUT2D eigenvalue weighted by molar-refractivity contribution is 7.29. The number of nitrogens with zero attached hydrogens (tertiary/aromatic N) is 3. The topological polar surface area (TPSA) is 9.72 Å². The van der Waals surface area contributed by atoms with Crippen LogP contribution in [0.2, 0.25) is 0 Å². The molecule has 0 saturated carbocycles.